The predicted molar refractivity (Wildman–Crippen MR) is 140 cm³/mol. The van der Waals surface area contributed by atoms with Crippen LogP contribution < -0.4 is 20.1 Å². The molecule has 2 aromatic rings. The van der Waals surface area contributed by atoms with Crippen LogP contribution in [0.1, 0.15) is 47.9 Å². The Hall–Kier alpha value is -2.02. The first kappa shape index (κ1) is 38.0. The second kappa shape index (κ2) is 12.9. The van der Waals surface area contributed by atoms with Crippen molar-refractivity contribution in [1.29, 1.82) is 0 Å². The van der Waals surface area contributed by atoms with E-state index in [0.29, 0.717) is 0 Å². The summed E-state index contributed by atoms with van der Waals surface area (Å²) in [4.78, 5) is 0. The number of rotatable bonds is 0. The van der Waals surface area contributed by atoms with Crippen molar-refractivity contribution in [3.05, 3.63) is 58.7 Å². The molecule has 42 heavy (non-hydrogen) atoms. The van der Waals surface area contributed by atoms with E-state index in [0.717, 1.165) is 70.2 Å². The van der Waals surface area contributed by atoms with Gasteiger partial charge in [-0.25, -0.2) is 0 Å². The van der Waals surface area contributed by atoms with Crippen LogP contribution in [0.2, 0.25) is 0 Å². The summed E-state index contributed by atoms with van der Waals surface area (Å²) in [5.41, 5.74) is 5.24. The van der Waals surface area contributed by atoms with Gasteiger partial charge < -0.3 is 20.1 Å². The van der Waals surface area contributed by atoms with Gasteiger partial charge in [0.25, 0.3) is 0 Å². The van der Waals surface area contributed by atoms with Crippen molar-refractivity contribution in [3.8, 4) is 11.5 Å². The van der Waals surface area contributed by atoms with Crippen molar-refractivity contribution in [2.75, 3.05) is 26.3 Å². The molecular formula is C24H36F12N2O2P2. The van der Waals surface area contributed by atoms with E-state index >= 15 is 0 Å². The van der Waals surface area contributed by atoms with Gasteiger partial charge in [-0.1, -0.05) is 23.3 Å². The molecule has 0 amide bonds. The number of benzene rings is 2. The Morgan fingerprint density at radius 2 is 0.857 bits per heavy atom. The summed E-state index contributed by atoms with van der Waals surface area (Å²) in [6.07, 6.45) is 4.45. The molecule has 4 N–H and O–H groups in total. The van der Waals surface area contributed by atoms with Crippen LogP contribution in [0, 0.1) is 13.8 Å². The quantitative estimate of drug-likeness (QED) is 0.216. The number of hydrogen-bond acceptors (Lipinski definition) is 2. The summed E-state index contributed by atoms with van der Waals surface area (Å²) in [5.74, 6) is 2.10. The Labute approximate surface area is 235 Å². The molecule has 0 saturated heterocycles. The number of aryl methyl sites for hydroxylation is 2. The van der Waals surface area contributed by atoms with Gasteiger partial charge in [0, 0.05) is 17.5 Å². The van der Waals surface area contributed by atoms with E-state index in [1.165, 1.54) is 28.7 Å². The van der Waals surface area contributed by atoms with Crippen LogP contribution in [0.4, 0.5) is 50.4 Å². The zero-order chi connectivity index (χ0) is 32.4. The molecule has 0 unspecified atom stereocenters. The van der Waals surface area contributed by atoms with E-state index in [4.69, 9.17) is 9.47 Å². The normalized spacial score (nSPS) is 19.2. The molecule has 2 aromatic carbocycles. The molecule has 0 atom stereocenters. The Bertz CT molecular complexity index is 1050. The molecule has 1 aliphatic heterocycles. The maximum absolute atomic E-state index is 10.7. The molecule has 18 heteroatoms. The topological polar surface area (TPSA) is 51.7 Å². The molecule has 0 saturated carbocycles. The fraction of sp³-hybridized carbons (Fsp3) is 0.500. The Balaban J connectivity index is 0.000000522. The molecule has 1 heterocycles. The van der Waals surface area contributed by atoms with Crippen LogP contribution in [0.15, 0.2) is 36.4 Å². The number of nitrogens with two attached hydrogens (primary N) is 2. The van der Waals surface area contributed by atoms with Crippen molar-refractivity contribution < 1.29 is 70.5 Å². The molecule has 0 radical (unpaired) electrons. The average molecular weight is 674 g/mol. The van der Waals surface area contributed by atoms with Gasteiger partial charge in [-0.05, 0) is 57.4 Å². The van der Waals surface area contributed by atoms with Gasteiger partial charge in [-0.15, -0.1) is 0 Å². The van der Waals surface area contributed by atoms with Crippen LogP contribution in [0.3, 0.4) is 0 Å². The van der Waals surface area contributed by atoms with Gasteiger partial charge in [-0.3, -0.25) is 0 Å². The molecule has 0 fully saturated rings. The molecule has 0 aromatic heterocycles. The molecule has 1 aliphatic rings. The zero-order valence-electron chi connectivity index (χ0n) is 22.9. The molecule has 0 aliphatic carbocycles. The van der Waals surface area contributed by atoms with Crippen molar-refractivity contribution in [1.82, 2.24) is 0 Å². The van der Waals surface area contributed by atoms with E-state index in [1.807, 2.05) is 0 Å². The second-order valence-electron chi connectivity index (χ2n) is 9.81. The van der Waals surface area contributed by atoms with Crippen LogP contribution in [-0.4, -0.2) is 26.3 Å². The van der Waals surface area contributed by atoms with Gasteiger partial charge in [0.2, 0.25) is 0 Å². The second-order valence-corrected chi connectivity index (χ2v) is 13.6. The first-order chi connectivity index (χ1) is 18.6. The molecule has 0 spiro atoms. The van der Waals surface area contributed by atoms with Gasteiger partial charge in [0.05, 0.1) is 26.3 Å². The molecule has 4 nitrogen and oxygen atoms in total. The monoisotopic (exact) mass is 674 g/mol. The van der Waals surface area contributed by atoms with E-state index in [1.54, 1.807) is 0 Å². The van der Waals surface area contributed by atoms with Crippen molar-refractivity contribution in [2.45, 2.75) is 52.6 Å². The van der Waals surface area contributed by atoms with Crippen molar-refractivity contribution >= 4 is 15.6 Å². The fourth-order valence-corrected chi connectivity index (χ4v) is 3.68. The number of ether oxygens (including phenoxy) is 2. The minimum absolute atomic E-state index is 0.779. The van der Waals surface area contributed by atoms with Crippen molar-refractivity contribution in [3.63, 3.8) is 0 Å². The third-order valence-corrected chi connectivity index (χ3v) is 5.28. The maximum atomic E-state index is 9.87. The summed E-state index contributed by atoms with van der Waals surface area (Å²) in [6, 6.07) is 13.1. The Morgan fingerprint density at radius 3 is 1.19 bits per heavy atom. The summed E-state index contributed by atoms with van der Waals surface area (Å²) in [7, 11) is -21.3. The zero-order valence-corrected chi connectivity index (χ0v) is 24.7. The standard InChI is InChI=1S/C24H34N2O2.2F6P/c1-19-7-9-23-21(15-19)17-25-11-6-12-26-18-22-16-20(2)8-10-24(22)28-14-5-3-4-13-27-23;2*1-7(2,3,4,5)6/h7-10,15-16,25-26H,3-6,11-14,17-18H2,1-2H3;;/q;2*-1/p+2. The third kappa shape index (κ3) is 26.9. The molecule has 248 valence electrons. The fourth-order valence-electron chi connectivity index (χ4n) is 3.68. The van der Waals surface area contributed by atoms with E-state index in [2.05, 4.69) is 60.9 Å². The number of quaternary nitrogens is 2. The van der Waals surface area contributed by atoms with Crippen LogP contribution in [0.25, 0.3) is 0 Å². The van der Waals surface area contributed by atoms with Gasteiger partial charge in [0.15, 0.2) is 0 Å². The van der Waals surface area contributed by atoms with Gasteiger partial charge >= 0.3 is 66.0 Å². The Morgan fingerprint density at radius 1 is 0.524 bits per heavy atom. The predicted octanol–water partition coefficient (Wildman–Crippen LogP) is 9.23. The summed E-state index contributed by atoms with van der Waals surface area (Å²) < 4.78 is 131. The number of fused-ring (bicyclic) bond motifs is 2. The van der Waals surface area contributed by atoms with Gasteiger partial charge in [-0.2, -0.15) is 0 Å². The van der Waals surface area contributed by atoms with E-state index in [9.17, 15) is 50.4 Å². The molecular weight excluding hydrogens is 638 g/mol. The van der Waals surface area contributed by atoms with Gasteiger partial charge in [0.1, 0.15) is 24.6 Å². The number of hydrogen-bond donors (Lipinski definition) is 2. The van der Waals surface area contributed by atoms with E-state index in [-0.39, 0.29) is 0 Å². The SMILES string of the molecule is Cc1ccc2c(c1)C[NH2+]CCC[NH2+]Cc1cc(C)ccc1OCCCCCO2.F[P-](F)(F)(F)(F)F.F[P-](F)(F)(F)(F)F. The van der Waals surface area contributed by atoms with Crippen molar-refractivity contribution in [2.24, 2.45) is 0 Å². The first-order valence-corrected chi connectivity index (χ1v) is 16.9. The van der Waals surface area contributed by atoms with Crippen LogP contribution >= 0.6 is 15.6 Å². The summed E-state index contributed by atoms with van der Waals surface area (Å²) in [6.45, 7) is 10.1. The van der Waals surface area contributed by atoms with E-state index < -0.39 is 15.6 Å². The molecule has 3 rings (SSSR count). The first-order valence-electron chi connectivity index (χ1n) is 12.8. The van der Waals surface area contributed by atoms with Crippen LogP contribution in [-0.2, 0) is 13.1 Å². The minimum atomic E-state index is -10.7. The van der Waals surface area contributed by atoms with Crippen LogP contribution in [0.5, 0.6) is 11.5 Å². The Kier molecular flexibility index (Phi) is 11.7. The average Bonchev–Trinajstić information content (AvgIpc) is 2.75. The molecule has 0 bridgehead atoms. The third-order valence-electron chi connectivity index (χ3n) is 5.28. The number of halogens is 12. The summed E-state index contributed by atoms with van der Waals surface area (Å²) >= 11 is 0. The summed E-state index contributed by atoms with van der Waals surface area (Å²) in [5, 5.41) is 4.81.